The zero-order valence-corrected chi connectivity index (χ0v) is 15.5. The van der Waals surface area contributed by atoms with Gasteiger partial charge in [0.1, 0.15) is 11.6 Å². The lowest BCUT2D eigenvalue weighted by atomic mass is 10.1. The Hall–Kier alpha value is -2.55. The Morgan fingerprint density at radius 1 is 1.19 bits per heavy atom. The number of benzene rings is 2. The SMILES string of the molecule is Cc1ccc(S(N)(=O)=O)cc1C(=O)OCc1csc(-c2ccccc2)n1. The van der Waals surface area contributed by atoms with E-state index in [1.807, 2.05) is 35.7 Å². The van der Waals surface area contributed by atoms with Crippen LogP contribution in [0, 0.1) is 6.92 Å². The number of hydrogen-bond donors (Lipinski definition) is 1. The fourth-order valence-electron chi connectivity index (χ4n) is 2.30. The monoisotopic (exact) mass is 388 g/mol. The minimum absolute atomic E-state index is 0.00120. The molecule has 0 fully saturated rings. The van der Waals surface area contributed by atoms with Crippen molar-refractivity contribution in [2.24, 2.45) is 5.14 Å². The van der Waals surface area contributed by atoms with Gasteiger partial charge in [-0.2, -0.15) is 0 Å². The summed E-state index contributed by atoms with van der Waals surface area (Å²) in [6, 6.07) is 13.8. The number of thiazole rings is 1. The van der Waals surface area contributed by atoms with Gasteiger partial charge in [0.05, 0.1) is 16.2 Å². The second-order valence-electron chi connectivity index (χ2n) is 5.61. The third kappa shape index (κ3) is 4.16. The molecule has 3 rings (SSSR count). The molecule has 0 radical (unpaired) electrons. The van der Waals surface area contributed by atoms with E-state index < -0.39 is 16.0 Å². The number of aryl methyl sites for hydroxylation is 1. The highest BCUT2D eigenvalue weighted by Crippen LogP contribution is 2.24. The summed E-state index contributed by atoms with van der Waals surface area (Å²) < 4.78 is 28.2. The van der Waals surface area contributed by atoms with E-state index in [4.69, 9.17) is 9.88 Å². The van der Waals surface area contributed by atoms with E-state index >= 15 is 0 Å². The van der Waals surface area contributed by atoms with E-state index in [0.717, 1.165) is 10.6 Å². The van der Waals surface area contributed by atoms with Crippen LogP contribution in [-0.2, 0) is 21.4 Å². The Labute approximate surface area is 155 Å². The van der Waals surface area contributed by atoms with Crippen LogP contribution >= 0.6 is 11.3 Å². The first kappa shape index (κ1) is 18.2. The molecule has 1 heterocycles. The smallest absolute Gasteiger partial charge is 0.338 e. The predicted octanol–water partition coefficient (Wildman–Crippen LogP) is 3.12. The molecule has 0 amide bonds. The number of nitrogens with zero attached hydrogens (tertiary/aromatic N) is 1. The summed E-state index contributed by atoms with van der Waals surface area (Å²) in [6.07, 6.45) is 0. The molecule has 134 valence electrons. The van der Waals surface area contributed by atoms with Crippen LogP contribution in [0.15, 0.2) is 58.8 Å². The summed E-state index contributed by atoms with van der Waals surface area (Å²) in [5.74, 6) is -0.623. The van der Waals surface area contributed by atoms with Gasteiger partial charge in [-0.3, -0.25) is 0 Å². The van der Waals surface area contributed by atoms with Crippen molar-refractivity contribution in [3.63, 3.8) is 0 Å². The van der Waals surface area contributed by atoms with Crippen LogP contribution in [0.2, 0.25) is 0 Å². The largest absolute Gasteiger partial charge is 0.456 e. The summed E-state index contributed by atoms with van der Waals surface area (Å²) in [4.78, 5) is 16.6. The van der Waals surface area contributed by atoms with Gasteiger partial charge < -0.3 is 4.74 Å². The van der Waals surface area contributed by atoms with Gasteiger partial charge in [0, 0.05) is 10.9 Å². The second kappa shape index (κ2) is 7.36. The molecule has 0 saturated heterocycles. The number of esters is 1. The average molecular weight is 388 g/mol. The molecule has 0 aliphatic rings. The topological polar surface area (TPSA) is 99.4 Å². The van der Waals surface area contributed by atoms with Gasteiger partial charge in [-0.1, -0.05) is 36.4 Å². The molecule has 0 aliphatic heterocycles. The summed E-state index contributed by atoms with van der Waals surface area (Å²) >= 11 is 1.46. The summed E-state index contributed by atoms with van der Waals surface area (Å²) in [7, 11) is -3.89. The minimum Gasteiger partial charge on any atom is -0.456 e. The summed E-state index contributed by atoms with van der Waals surface area (Å²) in [5.41, 5.74) is 2.38. The van der Waals surface area contributed by atoms with Crippen LogP contribution in [0.3, 0.4) is 0 Å². The zero-order chi connectivity index (χ0) is 18.7. The zero-order valence-electron chi connectivity index (χ0n) is 13.9. The molecular weight excluding hydrogens is 372 g/mol. The maximum atomic E-state index is 12.3. The Morgan fingerprint density at radius 2 is 1.92 bits per heavy atom. The summed E-state index contributed by atoms with van der Waals surface area (Å²) in [5, 5.41) is 7.77. The van der Waals surface area contributed by atoms with E-state index in [2.05, 4.69) is 4.98 Å². The Kier molecular flexibility index (Phi) is 5.17. The third-order valence-corrected chi connectivity index (χ3v) is 5.53. The molecule has 0 unspecified atom stereocenters. The van der Waals surface area contributed by atoms with Crippen molar-refractivity contribution >= 4 is 27.3 Å². The number of carbonyl (C=O) groups is 1. The normalized spacial score (nSPS) is 11.3. The van der Waals surface area contributed by atoms with Crippen molar-refractivity contribution in [1.82, 2.24) is 4.98 Å². The number of nitrogens with two attached hydrogens (primary N) is 1. The average Bonchev–Trinajstić information content (AvgIpc) is 3.09. The van der Waals surface area contributed by atoms with Crippen LogP contribution in [0.5, 0.6) is 0 Å². The molecule has 2 aromatic carbocycles. The minimum atomic E-state index is -3.89. The van der Waals surface area contributed by atoms with Crippen LogP contribution in [0.1, 0.15) is 21.6 Å². The Balaban J connectivity index is 1.73. The number of aromatic nitrogens is 1. The molecule has 1 aromatic heterocycles. The number of rotatable bonds is 5. The van der Waals surface area contributed by atoms with Crippen LogP contribution in [-0.4, -0.2) is 19.4 Å². The molecule has 0 saturated carbocycles. The van der Waals surface area contributed by atoms with E-state index in [9.17, 15) is 13.2 Å². The lowest BCUT2D eigenvalue weighted by Gasteiger charge is -2.07. The first-order valence-corrected chi connectivity index (χ1v) is 10.1. The first-order valence-electron chi connectivity index (χ1n) is 7.65. The standard InChI is InChI=1S/C18H16N2O4S2/c1-12-7-8-15(26(19,22)23)9-16(12)18(21)24-10-14-11-25-17(20-14)13-5-3-2-4-6-13/h2-9,11H,10H2,1H3,(H2,19,22,23). The van der Waals surface area contributed by atoms with E-state index in [1.54, 1.807) is 6.92 Å². The number of primary sulfonamides is 1. The second-order valence-corrected chi connectivity index (χ2v) is 8.03. The number of ether oxygens (including phenoxy) is 1. The van der Waals surface area contributed by atoms with Gasteiger partial charge in [-0.05, 0) is 24.6 Å². The lowest BCUT2D eigenvalue weighted by Crippen LogP contribution is -2.14. The molecule has 6 nitrogen and oxygen atoms in total. The molecule has 0 bridgehead atoms. The van der Waals surface area contributed by atoms with Gasteiger partial charge in [-0.15, -0.1) is 11.3 Å². The predicted molar refractivity (Wildman–Crippen MR) is 99.2 cm³/mol. The van der Waals surface area contributed by atoms with Gasteiger partial charge in [0.25, 0.3) is 0 Å². The van der Waals surface area contributed by atoms with E-state index in [0.29, 0.717) is 11.3 Å². The highest BCUT2D eigenvalue weighted by molar-refractivity contribution is 7.89. The number of carbonyl (C=O) groups excluding carboxylic acids is 1. The van der Waals surface area contributed by atoms with Crippen LogP contribution in [0.4, 0.5) is 0 Å². The molecule has 2 N–H and O–H groups in total. The third-order valence-electron chi connectivity index (χ3n) is 3.68. The van der Waals surface area contributed by atoms with Crippen molar-refractivity contribution < 1.29 is 17.9 Å². The molecule has 8 heteroatoms. The lowest BCUT2D eigenvalue weighted by molar-refractivity contribution is 0.0467. The number of hydrogen-bond acceptors (Lipinski definition) is 6. The van der Waals surface area contributed by atoms with Crippen molar-refractivity contribution in [3.8, 4) is 10.6 Å². The fraction of sp³-hybridized carbons (Fsp3) is 0.111. The van der Waals surface area contributed by atoms with Gasteiger partial charge in [-0.25, -0.2) is 23.3 Å². The maximum Gasteiger partial charge on any atom is 0.338 e. The molecular formula is C18H16N2O4S2. The van der Waals surface area contributed by atoms with Crippen molar-refractivity contribution in [2.75, 3.05) is 0 Å². The molecule has 3 aromatic rings. The van der Waals surface area contributed by atoms with Crippen LogP contribution in [0.25, 0.3) is 10.6 Å². The van der Waals surface area contributed by atoms with Gasteiger partial charge in [0.2, 0.25) is 10.0 Å². The van der Waals surface area contributed by atoms with Crippen molar-refractivity contribution in [2.45, 2.75) is 18.4 Å². The quantitative estimate of drug-likeness (QED) is 0.677. The molecule has 0 spiro atoms. The highest BCUT2D eigenvalue weighted by atomic mass is 32.2. The highest BCUT2D eigenvalue weighted by Gasteiger charge is 2.16. The Morgan fingerprint density at radius 3 is 2.62 bits per heavy atom. The maximum absolute atomic E-state index is 12.3. The van der Waals surface area contributed by atoms with Crippen LogP contribution < -0.4 is 5.14 Å². The molecule has 0 atom stereocenters. The molecule has 26 heavy (non-hydrogen) atoms. The number of sulfonamides is 1. The first-order chi connectivity index (χ1) is 12.3. The van der Waals surface area contributed by atoms with Gasteiger partial charge >= 0.3 is 5.97 Å². The van der Waals surface area contributed by atoms with Gasteiger partial charge in [0.15, 0.2) is 0 Å². The summed E-state index contributed by atoms with van der Waals surface area (Å²) in [6.45, 7) is 1.70. The molecule has 0 aliphatic carbocycles. The fourth-order valence-corrected chi connectivity index (χ4v) is 3.65. The van der Waals surface area contributed by atoms with Crippen molar-refractivity contribution in [1.29, 1.82) is 0 Å². The Bertz CT molecular complexity index is 1040. The van der Waals surface area contributed by atoms with Crippen molar-refractivity contribution in [3.05, 3.63) is 70.7 Å². The van der Waals surface area contributed by atoms with E-state index in [1.165, 1.54) is 29.5 Å². The van der Waals surface area contributed by atoms with E-state index in [-0.39, 0.29) is 17.1 Å².